The van der Waals surface area contributed by atoms with Crippen LogP contribution in [-0.2, 0) is 19.1 Å². The predicted octanol–water partition coefficient (Wildman–Crippen LogP) is 4.59. The molecule has 2 aromatic rings. The van der Waals surface area contributed by atoms with Crippen molar-refractivity contribution in [3.8, 4) is 17.0 Å². The second-order valence-corrected chi connectivity index (χ2v) is 12.1. The van der Waals surface area contributed by atoms with Crippen molar-refractivity contribution in [2.24, 2.45) is 0 Å². The summed E-state index contributed by atoms with van der Waals surface area (Å²) in [7, 11) is 0. The number of amides is 3. The summed E-state index contributed by atoms with van der Waals surface area (Å²) in [4.78, 5) is 59.9. The molecule has 11 nitrogen and oxygen atoms in total. The number of rotatable bonds is 10. The molecule has 1 saturated heterocycles. The van der Waals surface area contributed by atoms with Crippen LogP contribution in [0, 0.1) is 0 Å². The molecular formula is C33H44N4O7. The highest BCUT2D eigenvalue weighted by atomic mass is 16.6. The van der Waals surface area contributed by atoms with E-state index in [-0.39, 0.29) is 50.2 Å². The average Bonchev–Trinajstić information content (AvgIpc) is 3.51. The van der Waals surface area contributed by atoms with Crippen LogP contribution in [0.15, 0.2) is 42.5 Å². The molecule has 1 aromatic heterocycles. The van der Waals surface area contributed by atoms with Crippen molar-refractivity contribution in [2.75, 3.05) is 32.8 Å². The Hall–Kier alpha value is -4.15. The standard InChI is InChI=1S/C33H44N4O7/c1-5-42-32(41)37-19-17-36(18-20-37)31(40)26(15-16-29(38)44-33(2,3)4)35-30(39)28-22-25(43-24-13-9-10-14-24)21-27(34-28)23-11-7-6-8-12-23/h6-8,11-12,21-22,24,26H,5,9-10,13-20H2,1-4H3,(H,35,39)/t26-/m0/s1. The zero-order valence-electron chi connectivity index (χ0n) is 26.2. The summed E-state index contributed by atoms with van der Waals surface area (Å²) >= 11 is 0. The first-order valence-electron chi connectivity index (χ1n) is 15.5. The quantitative estimate of drug-likeness (QED) is 0.388. The minimum atomic E-state index is -1.01. The van der Waals surface area contributed by atoms with Gasteiger partial charge in [-0.05, 0) is 59.8 Å². The molecule has 4 rings (SSSR count). The summed E-state index contributed by atoms with van der Waals surface area (Å²) in [6.07, 6.45) is 3.74. The number of esters is 1. The first kappa shape index (κ1) is 32.8. The fraction of sp³-hybridized carbons (Fsp3) is 0.545. The summed E-state index contributed by atoms with van der Waals surface area (Å²) < 4.78 is 16.8. The fourth-order valence-electron chi connectivity index (χ4n) is 5.33. The third-order valence-electron chi connectivity index (χ3n) is 7.48. The molecule has 1 atom stereocenters. The van der Waals surface area contributed by atoms with Crippen LogP contribution >= 0.6 is 0 Å². The molecule has 0 unspecified atom stereocenters. The van der Waals surface area contributed by atoms with Gasteiger partial charge in [0.05, 0.1) is 18.4 Å². The van der Waals surface area contributed by atoms with E-state index in [2.05, 4.69) is 10.3 Å². The summed E-state index contributed by atoms with van der Waals surface area (Å²) in [5.41, 5.74) is 0.843. The van der Waals surface area contributed by atoms with Crippen LogP contribution in [0.2, 0.25) is 0 Å². The highest BCUT2D eigenvalue weighted by molar-refractivity contribution is 5.97. The third-order valence-corrected chi connectivity index (χ3v) is 7.48. The molecule has 44 heavy (non-hydrogen) atoms. The van der Waals surface area contributed by atoms with E-state index in [0.717, 1.165) is 31.2 Å². The summed E-state index contributed by atoms with van der Waals surface area (Å²) in [5.74, 6) is -0.811. The van der Waals surface area contributed by atoms with Gasteiger partial charge in [0.25, 0.3) is 5.91 Å². The lowest BCUT2D eigenvalue weighted by atomic mass is 10.1. The Balaban J connectivity index is 1.54. The number of pyridine rings is 1. The number of aromatic nitrogens is 1. The van der Waals surface area contributed by atoms with Crippen molar-refractivity contribution < 1.29 is 33.4 Å². The van der Waals surface area contributed by atoms with Crippen LogP contribution in [0.25, 0.3) is 11.3 Å². The number of carbonyl (C=O) groups is 4. The van der Waals surface area contributed by atoms with E-state index in [1.54, 1.807) is 43.6 Å². The van der Waals surface area contributed by atoms with E-state index in [4.69, 9.17) is 14.2 Å². The van der Waals surface area contributed by atoms with Gasteiger partial charge in [0.1, 0.15) is 23.1 Å². The van der Waals surface area contributed by atoms with Crippen LogP contribution in [0.5, 0.6) is 5.75 Å². The Labute approximate surface area is 259 Å². The maximum Gasteiger partial charge on any atom is 0.409 e. The Morgan fingerprint density at radius 2 is 1.64 bits per heavy atom. The van der Waals surface area contributed by atoms with E-state index in [9.17, 15) is 19.2 Å². The van der Waals surface area contributed by atoms with Crippen LogP contribution in [0.4, 0.5) is 4.79 Å². The monoisotopic (exact) mass is 608 g/mol. The lowest BCUT2D eigenvalue weighted by molar-refractivity contribution is -0.155. The molecule has 2 heterocycles. The lowest BCUT2D eigenvalue weighted by Crippen LogP contribution is -2.56. The molecule has 1 aromatic carbocycles. The van der Waals surface area contributed by atoms with Gasteiger partial charge in [0, 0.05) is 50.3 Å². The van der Waals surface area contributed by atoms with Gasteiger partial charge >= 0.3 is 12.1 Å². The van der Waals surface area contributed by atoms with Gasteiger partial charge in [-0.25, -0.2) is 9.78 Å². The summed E-state index contributed by atoms with van der Waals surface area (Å²) in [5, 5.41) is 2.84. The van der Waals surface area contributed by atoms with Gasteiger partial charge < -0.3 is 29.3 Å². The van der Waals surface area contributed by atoms with Crippen molar-refractivity contribution in [1.29, 1.82) is 0 Å². The number of benzene rings is 1. The van der Waals surface area contributed by atoms with Crippen LogP contribution in [-0.4, -0.2) is 89.2 Å². The minimum absolute atomic E-state index is 0.0430. The summed E-state index contributed by atoms with van der Waals surface area (Å²) in [6, 6.07) is 11.9. The van der Waals surface area contributed by atoms with Gasteiger partial charge in [-0.3, -0.25) is 14.4 Å². The van der Waals surface area contributed by atoms with E-state index < -0.39 is 29.6 Å². The zero-order chi connectivity index (χ0) is 31.7. The number of hydrogen-bond donors (Lipinski definition) is 1. The summed E-state index contributed by atoms with van der Waals surface area (Å²) in [6.45, 7) is 8.49. The molecule has 0 bridgehead atoms. The van der Waals surface area contributed by atoms with E-state index in [0.29, 0.717) is 24.5 Å². The number of nitrogens with one attached hydrogen (secondary N) is 1. The largest absolute Gasteiger partial charge is 0.490 e. The van der Waals surface area contributed by atoms with Gasteiger partial charge in [-0.15, -0.1) is 0 Å². The topological polar surface area (TPSA) is 127 Å². The molecule has 1 aliphatic heterocycles. The first-order valence-corrected chi connectivity index (χ1v) is 15.5. The molecule has 238 valence electrons. The molecule has 0 radical (unpaired) electrons. The Morgan fingerprint density at radius 3 is 2.27 bits per heavy atom. The smallest absolute Gasteiger partial charge is 0.409 e. The van der Waals surface area contributed by atoms with Gasteiger partial charge in [0.2, 0.25) is 5.91 Å². The average molecular weight is 609 g/mol. The SMILES string of the molecule is CCOC(=O)N1CCN(C(=O)[C@H](CCC(=O)OC(C)(C)C)NC(=O)c2cc(OC3CCCC3)cc(-c3ccccc3)n2)CC1. The molecule has 3 amide bonds. The highest BCUT2D eigenvalue weighted by Gasteiger charge is 2.32. The molecule has 2 aliphatic rings. The Bertz CT molecular complexity index is 1300. The molecule has 1 aliphatic carbocycles. The van der Waals surface area contributed by atoms with Crippen LogP contribution < -0.4 is 10.1 Å². The maximum atomic E-state index is 13.7. The molecule has 1 saturated carbocycles. The molecule has 2 fully saturated rings. The van der Waals surface area contributed by atoms with Crippen molar-refractivity contribution in [3.63, 3.8) is 0 Å². The van der Waals surface area contributed by atoms with Crippen molar-refractivity contribution in [1.82, 2.24) is 20.1 Å². The number of carbonyl (C=O) groups excluding carboxylic acids is 4. The second kappa shape index (κ2) is 15.0. The second-order valence-electron chi connectivity index (χ2n) is 12.1. The number of ether oxygens (including phenoxy) is 3. The van der Waals surface area contributed by atoms with Crippen molar-refractivity contribution in [2.45, 2.75) is 84.0 Å². The number of nitrogens with zero attached hydrogens (tertiary/aromatic N) is 3. The lowest BCUT2D eigenvalue weighted by Gasteiger charge is -2.36. The van der Waals surface area contributed by atoms with Crippen molar-refractivity contribution in [3.05, 3.63) is 48.2 Å². The van der Waals surface area contributed by atoms with E-state index in [1.807, 2.05) is 36.4 Å². The van der Waals surface area contributed by atoms with Crippen LogP contribution in [0.1, 0.15) is 76.7 Å². The minimum Gasteiger partial charge on any atom is -0.490 e. The number of piperazine rings is 1. The predicted molar refractivity (Wildman–Crippen MR) is 164 cm³/mol. The third kappa shape index (κ3) is 9.42. The van der Waals surface area contributed by atoms with Crippen molar-refractivity contribution >= 4 is 23.9 Å². The van der Waals surface area contributed by atoms with Gasteiger partial charge in [-0.1, -0.05) is 30.3 Å². The molecule has 0 spiro atoms. The Kier molecular flexibility index (Phi) is 11.2. The maximum absolute atomic E-state index is 13.7. The van der Waals surface area contributed by atoms with E-state index in [1.165, 1.54) is 0 Å². The van der Waals surface area contributed by atoms with Gasteiger partial charge in [0.15, 0.2) is 0 Å². The molecule has 11 heteroatoms. The fourth-order valence-corrected chi connectivity index (χ4v) is 5.33. The normalized spacial score (nSPS) is 16.3. The van der Waals surface area contributed by atoms with Gasteiger partial charge in [-0.2, -0.15) is 0 Å². The Morgan fingerprint density at radius 1 is 0.977 bits per heavy atom. The zero-order valence-corrected chi connectivity index (χ0v) is 26.2. The highest BCUT2D eigenvalue weighted by Crippen LogP contribution is 2.28. The molecule has 1 N–H and O–H groups in total. The molecular weight excluding hydrogens is 564 g/mol. The first-order chi connectivity index (χ1) is 21.0. The number of hydrogen-bond acceptors (Lipinski definition) is 8. The van der Waals surface area contributed by atoms with E-state index >= 15 is 0 Å². The van der Waals surface area contributed by atoms with Crippen LogP contribution in [0.3, 0.4) is 0 Å².